The molecule has 1 aliphatic rings. The molecule has 0 aromatic carbocycles. The summed E-state index contributed by atoms with van der Waals surface area (Å²) in [6.07, 6.45) is 4.41. The van der Waals surface area contributed by atoms with Crippen molar-refractivity contribution in [2.45, 2.75) is 38.6 Å². The van der Waals surface area contributed by atoms with Crippen LogP contribution in [0, 0.1) is 0 Å². The maximum Gasteiger partial charge on any atom is 0.154 e. The summed E-state index contributed by atoms with van der Waals surface area (Å²) in [5.74, 6) is 0.452. The summed E-state index contributed by atoms with van der Waals surface area (Å²) >= 11 is 6.11. The van der Waals surface area contributed by atoms with Crippen molar-refractivity contribution in [3.63, 3.8) is 0 Å². The van der Waals surface area contributed by atoms with Crippen molar-refractivity contribution < 1.29 is 0 Å². The third-order valence-corrected chi connectivity index (χ3v) is 3.31. The van der Waals surface area contributed by atoms with Crippen LogP contribution in [0.5, 0.6) is 0 Å². The highest BCUT2D eigenvalue weighted by Gasteiger charge is 2.18. The van der Waals surface area contributed by atoms with Gasteiger partial charge in [0.15, 0.2) is 5.15 Å². The first-order chi connectivity index (χ1) is 7.18. The Bertz CT molecular complexity index is 327. The fraction of sp³-hybridized carbons (Fsp3) is 0.727. The van der Waals surface area contributed by atoms with E-state index >= 15 is 0 Å². The molecule has 3 nitrogen and oxygen atoms in total. The second kappa shape index (κ2) is 4.54. The van der Waals surface area contributed by atoms with Gasteiger partial charge in [-0.15, -0.1) is 0 Å². The van der Waals surface area contributed by atoms with E-state index in [0.29, 0.717) is 17.1 Å². The Kier molecular flexibility index (Phi) is 3.32. The highest BCUT2D eigenvalue weighted by molar-refractivity contribution is 6.30. The molecule has 0 bridgehead atoms. The lowest BCUT2D eigenvalue weighted by Crippen LogP contribution is -2.29. The van der Waals surface area contributed by atoms with Crippen LogP contribution in [-0.2, 0) is 0 Å². The van der Waals surface area contributed by atoms with Crippen LogP contribution in [0.2, 0.25) is 5.15 Å². The molecule has 15 heavy (non-hydrogen) atoms. The first-order valence-corrected chi connectivity index (χ1v) is 6.01. The maximum atomic E-state index is 6.11. The fourth-order valence-electron chi connectivity index (χ4n) is 2.03. The van der Waals surface area contributed by atoms with Crippen LogP contribution >= 0.6 is 11.6 Å². The second-order valence-electron chi connectivity index (χ2n) is 4.49. The number of nitrogens with one attached hydrogen (secondary N) is 1. The molecule has 0 saturated carbocycles. The van der Waals surface area contributed by atoms with Gasteiger partial charge >= 0.3 is 0 Å². The number of piperidine rings is 1. The zero-order valence-corrected chi connectivity index (χ0v) is 10.1. The monoisotopic (exact) mass is 227 g/mol. The van der Waals surface area contributed by atoms with Crippen molar-refractivity contribution >= 4 is 11.6 Å². The third kappa shape index (κ3) is 2.34. The molecule has 4 heteroatoms. The molecule has 1 saturated heterocycles. The first kappa shape index (κ1) is 11.0. The lowest BCUT2D eigenvalue weighted by atomic mass is 10.1. The van der Waals surface area contributed by atoms with Crippen LogP contribution in [0.3, 0.4) is 0 Å². The SMILES string of the molecule is CC(C)c1cn(C2CCNCC2)nc1Cl. The van der Waals surface area contributed by atoms with Crippen LogP contribution in [0.25, 0.3) is 0 Å². The molecule has 1 aromatic rings. The van der Waals surface area contributed by atoms with E-state index in [4.69, 9.17) is 11.6 Å². The molecule has 2 heterocycles. The maximum absolute atomic E-state index is 6.11. The number of aromatic nitrogens is 2. The summed E-state index contributed by atoms with van der Waals surface area (Å²) < 4.78 is 2.05. The Morgan fingerprint density at radius 1 is 1.47 bits per heavy atom. The minimum atomic E-state index is 0.452. The minimum absolute atomic E-state index is 0.452. The highest BCUT2D eigenvalue weighted by atomic mass is 35.5. The van der Waals surface area contributed by atoms with E-state index in [1.54, 1.807) is 0 Å². The Morgan fingerprint density at radius 3 is 2.67 bits per heavy atom. The normalized spacial score (nSPS) is 18.7. The van der Waals surface area contributed by atoms with Crippen molar-refractivity contribution in [1.29, 1.82) is 0 Å². The van der Waals surface area contributed by atoms with E-state index in [0.717, 1.165) is 31.5 Å². The van der Waals surface area contributed by atoms with Crippen molar-refractivity contribution in [3.8, 4) is 0 Å². The van der Waals surface area contributed by atoms with E-state index in [2.05, 4.69) is 35.1 Å². The lowest BCUT2D eigenvalue weighted by molar-refractivity contribution is 0.343. The molecule has 0 spiro atoms. The standard InChI is InChI=1S/C11H18ClN3/c1-8(2)10-7-15(14-11(10)12)9-3-5-13-6-4-9/h7-9,13H,3-6H2,1-2H3. The lowest BCUT2D eigenvalue weighted by Gasteiger charge is -2.22. The van der Waals surface area contributed by atoms with Crippen molar-refractivity contribution in [1.82, 2.24) is 15.1 Å². The van der Waals surface area contributed by atoms with Crippen molar-refractivity contribution in [2.24, 2.45) is 0 Å². The molecule has 0 aliphatic carbocycles. The van der Waals surface area contributed by atoms with Gasteiger partial charge in [-0.05, 0) is 31.8 Å². The quantitative estimate of drug-likeness (QED) is 0.842. The van der Waals surface area contributed by atoms with Gasteiger partial charge in [0.2, 0.25) is 0 Å². The molecule has 1 aromatic heterocycles. The van der Waals surface area contributed by atoms with Crippen LogP contribution in [0.1, 0.15) is 44.2 Å². The molecular weight excluding hydrogens is 210 g/mol. The van der Waals surface area contributed by atoms with Crippen molar-refractivity contribution in [2.75, 3.05) is 13.1 Å². The molecule has 2 rings (SSSR count). The average Bonchev–Trinajstić information content (AvgIpc) is 2.62. The van der Waals surface area contributed by atoms with E-state index in [9.17, 15) is 0 Å². The molecule has 1 aliphatic heterocycles. The third-order valence-electron chi connectivity index (χ3n) is 3.02. The van der Waals surface area contributed by atoms with Gasteiger partial charge in [-0.2, -0.15) is 5.10 Å². The molecule has 84 valence electrons. The largest absolute Gasteiger partial charge is 0.317 e. The zero-order valence-electron chi connectivity index (χ0n) is 9.33. The zero-order chi connectivity index (χ0) is 10.8. The molecule has 0 radical (unpaired) electrons. The molecule has 1 N–H and O–H groups in total. The number of nitrogens with zero attached hydrogens (tertiary/aromatic N) is 2. The summed E-state index contributed by atoms with van der Waals surface area (Å²) in [5.41, 5.74) is 1.16. The Labute approximate surface area is 95.8 Å². The summed E-state index contributed by atoms with van der Waals surface area (Å²) in [6.45, 7) is 6.46. The van der Waals surface area contributed by atoms with Crippen molar-refractivity contribution in [3.05, 3.63) is 16.9 Å². The predicted octanol–water partition coefficient (Wildman–Crippen LogP) is 2.58. The Balaban J connectivity index is 2.17. The highest BCUT2D eigenvalue weighted by Crippen LogP contribution is 2.26. The molecule has 1 fully saturated rings. The molecule has 0 unspecified atom stereocenters. The number of hydrogen-bond donors (Lipinski definition) is 1. The summed E-state index contributed by atoms with van der Waals surface area (Å²) in [6, 6.07) is 0.524. The molecule has 0 amide bonds. The smallest absolute Gasteiger partial charge is 0.154 e. The van der Waals surface area contributed by atoms with E-state index in [-0.39, 0.29) is 0 Å². The minimum Gasteiger partial charge on any atom is -0.317 e. The van der Waals surface area contributed by atoms with Crippen LogP contribution in [-0.4, -0.2) is 22.9 Å². The summed E-state index contributed by atoms with van der Waals surface area (Å²) in [4.78, 5) is 0. The first-order valence-electron chi connectivity index (χ1n) is 5.63. The number of halogens is 1. The van der Waals surface area contributed by atoms with Gasteiger partial charge in [0.25, 0.3) is 0 Å². The van der Waals surface area contributed by atoms with E-state index < -0.39 is 0 Å². The molecule has 0 atom stereocenters. The van der Waals surface area contributed by atoms with Gasteiger partial charge in [0, 0.05) is 11.8 Å². The second-order valence-corrected chi connectivity index (χ2v) is 4.85. The van der Waals surface area contributed by atoms with E-state index in [1.807, 2.05) is 0 Å². The number of rotatable bonds is 2. The van der Waals surface area contributed by atoms with Crippen LogP contribution < -0.4 is 5.32 Å². The number of hydrogen-bond acceptors (Lipinski definition) is 2. The molecular formula is C11H18ClN3. The van der Waals surface area contributed by atoms with Gasteiger partial charge in [-0.3, -0.25) is 4.68 Å². The predicted molar refractivity (Wildman–Crippen MR) is 62.5 cm³/mol. The van der Waals surface area contributed by atoms with Gasteiger partial charge in [0.1, 0.15) is 0 Å². The van der Waals surface area contributed by atoms with Gasteiger partial charge < -0.3 is 5.32 Å². The topological polar surface area (TPSA) is 29.9 Å². The fourth-order valence-corrected chi connectivity index (χ4v) is 2.38. The van der Waals surface area contributed by atoms with Crippen LogP contribution in [0.15, 0.2) is 6.20 Å². The van der Waals surface area contributed by atoms with Crippen LogP contribution in [0.4, 0.5) is 0 Å². The average molecular weight is 228 g/mol. The Hall–Kier alpha value is -0.540. The summed E-state index contributed by atoms with van der Waals surface area (Å²) in [7, 11) is 0. The Morgan fingerprint density at radius 2 is 2.13 bits per heavy atom. The summed E-state index contributed by atoms with van der Waals surface area (Å²) in [5, 5.41) is 8.43. The van der Waals surface area contributed by atoms with Gasteiger partial charge in [0.05, 0.1) is 6.04 Å². The van der Waals surface area contributed by atoms with E-state index in [1.165, 1.54) is 0 Å². The van der Waals surface area contributed by atoms with Gasteiger partial charge in [-0.25, -0.2) is 0 Å². The van der Waals surface area contributed by atoms with Gasteiger partial charge in [-0.1, -0.05) is 25.4 Å².